The molecular weight excluding hydrogens is 228 g/mol. The Morgan fingerprint density at radius 3 is 2.94 bits per heavy atom. The molecule has 100 valence electrons. The summed E-state index contributed by atoms with van der Waals surface area (Å²) in [7, 11) is 0. The first-order valence-electron chi connectivity index (χ1n) is 6.66. The van der Waals surface area contributed by atoms with E-state index in [4.69, 9.17) is 4.42 Å². The van der Waals surface area contributed by atoms with Crippen molar-refractivity contribution in [3.63, 3.8) is 0 Å². The molecule has 0 bridgehead atoms. The summed E-state index contributed by atoms with van der Waals surface area (Å²) in [5, 5.41) is 6.37. The standard InChI is InChI=1S/C14H22N2O2/c1-9-7-13(11(3)18-9)10(2)16-14(17)8-12-5-4-6-15-12/h7,10,12,15H,4-6,8H2,1-3H3,(H,16,17). The highest BCUT2D eigenvalue weighted by Gasteiger charge is 2.20. The van der Waals surface area contributed by atoms with E-state index in [1.165, 1.54) is 6.42 Å². The van der Waals surface area contributed by atoms with E-state index < -0.39 is 0 Å². The number of hydrogen-bond acceptors (Lipinski definition) is 3. The van der Waals surface area contributed by atoms with Crippen LogP contribution in [0.15, 0.2) is 10.5 Å². The maximum absolute atomic E-state index is 11.9. The van der Waals surface area contributed by atoms with Gasteiger partial charge in [0.15, 0.2) is 0 Å². The van der Waals surface area contributed by atoms with E-state index in [1.54, 1.807) is 0 Å². The lowest BCUT2D eigenvalue weighted by atomic mass is 10.1. The molecule has 0 spiro atoms. The Bertz CT molecular complexity index is 419. The molecular formula is C14H22N2O2. The highest BCUT2D eigenvalue weighted by molar-refractivity contribution is 5.77. The van der Waals surface area contributed by atoms with Crippen molar-refractivity contribution in [2.45, 2.75) is 52.1 Å². The maximum Gasteiger partial charge on any atom is 0.222 e. The Balaban J connectivity index is 1.88. The number of nitrogens with one attached hydrogen (secondary N) is 2. The van der Waals surface area contributed by atoms with Crippen molar-refractivity contribution < 1.29 is 9.21 Å². The first kappa shape index (κ1) is 13.1. The van der Waals surface area contributed by atoms with E-state index in [0.717, 1.165) is 30.0 Å². The fourth-order valence-electron chi connectivity index (χ4n) is 2.61. The molecule has 0 aliphatic carbocycles. The maximum atomic E-state index is 11.9. The minimum absolute atomic E-state index is 0.0105. The molecule has 1 aromatic rings. The van der Waals surface area contributed by atoms with Gasteiger partial charge in [-0.05, 0) is 46.2 Å². The van der Waals surface area contributed by atoms with Gasteiger partial charge in [0.05, 0.1) is 6.04 Å². The van der Waals surface area contributed by atoms with Crippen LogP contribution in [0.4, 0.5) is 0 Å². The fourth-order valence-corrected chi connectivity index (χ4v) is 2.61. The molecule has 1 saturated heterocycles. The Labute approximate surface area is 108 Å². The molecule has 0 aromatic carbocycles. The summed E-state index contributed by atoms with van der Waals surface area (Å²) in [4.78, 5) is 11.9. The average molecular weight is 250 g/mol. The highest BCUT2D eigenvalue weighted by atomic mass is 16.3. The molecule has 0 radical (unpaired) electrons. The van der Waals surface area contributed by atoms with Crippen LogP contribution < -0.4 is 10.6 Å². The fraction of sp³-hybridized carbons (Fsp3) is 0.643. The summed E-state index contributed by atoms with van der Waals surface area (Å²) >= 11 is 0. The van der Waals surface area contributed by atoms with Gasteiger partial charge < -0.3 is 15.1 Å². The van der Waals surface area contributed by atoms with Gasteiger partial charge in [-0.25, -0.2) is 0 Å². The van der Waals surface area contributed by atoms with Crippen molar-refractivity contribution in [3.05, 3.63) is 23.2 Å². The number of carbonyl (C=O) groups is 1. The van der Waals surface area contributed by atoms with Crippen molar-refractivity contribution in [3.8, 4) is 0 Å². The Morgan fingerprint density at radius 1 is 1.61 bits per heavy atom. The predicted molar refractivity (Wildman–Crippen MR) is 70.4 cm³/mol. The Kier molecular flexibility index (Phi) is 4.07. The van der Waals surface area contributed by atoms with Gasteiger partial charge in [0, 0.05) is 18.0 Å². The van der Waals surface area contributed by atoms with E-state index in [2.05, 4.69) is 10.6 Å². The van der Waals surface area contributed by atoms with Gasteiger partial charge in [-0.15, -0.1) is 0 Å². The van der Waals surface area contributed by atoms with Crippen LogP contribution >= 0.6 is 0 Å². The second-order valence-corrected chi connectivity index (χ2v) is 5.16. The van der Waals surface area contributed by atoms with Crippen LogP contribution in [-0.2, 0) is 4.79 Å². The van der Waals surface area contributed by atoms with Crippen LogP contribution in [0.1, 0.15) is 49.3 Å². The molecule has 2 unspecified atom stereocenters. The first-order chi connectivity index (χ1) is 8.56. The normalized spacial score (nSPS) is 20.9. The van der Waals surface area contributed by atoms with Crippen LogP contribution in [0.25, 0.3) is 0 Å². The molecule has 2 N–H and O–H groups in total. The van der Waals surface area contributed by atoms with Gasteiger partial charge in [0.2, 0.25) is 5.91 Å². The van der Waals surface area contributed by atoms with E-state index >= 15 is 0 Å². The van der Waals surface area contributed by atoms with Gasteiger partial charge >= 0.3 is 0 Å². The number of carbonyl (C=O) groups excluding carboxylic acids is 1. The zero-order valence-corrected chi connectivity index (χ0v) is 11.4. The van der Waals surface area contributed by atoms with Crippen LogP contribution in [0.5, 0.6) is 0 Å². The van der Waals surface area contributed by atoms with E-state index in [-0.39, 0.29) is 11.9 Å². The van der Waals surface area contributed by atoms with E-state index in [0.29, 0.717) is 12.5 Å². The lowest BCUT2D eigenvalue weighted by Gasteiger charge is -2.15. The molecule has 1 aromatic heterocycles. The number of aryl methyl sites for hydroxylation is 2. The largest absolute Gasteiger partial charge is 0.466 e. The molecule has 1 amide bonds. The third kappa shape index (κ3) is 3.13. The van der Waals surface area contributed by atoms with E-state index in [9.17, 15) is 4.79 Å². The molecule has 1 aliphatic heterocycles. The van der Waals surface area contributed by atoms with Crippen LogP contribution in [0, 0.1) is 13.8 Å². The minimum Gasteiger partial charge on any atom is -0.466 e. The second-order valence-electron chi connectivity index (χ2n) is 5.16. The van der Waals surface area contributed by atoms with Crippen molar-refractivity contribution in [1.82, 2.24) is 10.6 Å². The molecule has 4 heteroatoms. The van der Waals surface area contributed by atoms with Gasteiger partial charge in [-0.3, -0.25) is 4.79 Å². The van der Waals surface area contributed by atoms with Gasteiger partial charge in [0.25, 0.3) is 0 Å². The molecule has 1 aliphatic rings. The summed E-state index contributed by atoms with van der Waals surface area (Å²) in [6, 6.07) is 2.36. The van der Waals surface area contributed by atoms with Crippen molar-refractivity contribution in [2.75, 3.05) is 6.54 Å². The zero-order valence-electron chi connectivity index (χ0n) is 11.4. The van der Waals surface area contributed by atoms with Crippen LogP contribution in [0.3, 0.4) is 0 Å². The molecule has 2 atom stereocenters. The summed E-state index contributed by atoms with van der Waals surface area (Å²) in [5.74, 6) is 1.89. The summed E-state index contributed by atoms with van der Waals surface area (Å²) in [6.45, 7) is 6.89. The smallest absolute Gasteiger partial charge is 0.222 e. The average Bonchev–Trinajstić information content (AvgIpc) is 2.88. The van der Waals surface area contributed by atoms with Crippen molar-refractivity contribution in [1.29, 1.82) is 0 Å². The van der Waals surface area contributed by atoms with Gasteiger partial charge in [-0.2, -0.15) is 0 Å². The van der Waals surface area contributed by atoms with Crippen molar-refractivity contribution in [2.24, 2.45) is 0 Å². The first-order valence-corrected chi connectivity index (χ1v) is 6.66. The molecule has 2 heterocycles. The third-order valence-corrected chi connectivity index (χ3v) is 3.52. The molecule has 4 nitrogen and oxygen atoms in total. The van der Waals surface area contributed by atoms with Crippen LogP contribution in [0.2, 0.25) is 0 Å². The summed E-state index contributed by atoms with van der Waals surface area (Å²) < 4.78 is 5.49. The SMILES string of the molecule is Cc1cc(C(C)NC(=O)CC2CCCN2)c(C)o1. The minimum atomic E-state index is 0.0105. The van der Waals surface area contributed by atoms with Gasteiger partial charge in [-0.1, -0.05) is 0 Å². The number of rotatable bonds is 4. The lowest BCUT2D eigenvalue weighted by molar-refractivity contribution is -0.122. The Morgan fingerprint density at radius 2 is 2.39 bits per heavy atom. The van der Waals surface area contributed by atoms with Crippen molar-refractivity contribution >= 4 is 5.91 Å². The highest BCUT2D eigenvalue weighted by Crippen LogP contribution is 2.21. The van der Waals surface area contributed by atoms with Gasteiger partial charge in [0.1, 0.15) is 11.5 Å². The molecule has 0 saturated carbocycles. The number of furan rings is 1. The number of amides is 1. The molecule has 1 fully saturated rings. The zero-order chi connectivity index (χ0) is 13.1. The quantitative estimate of drug-likeness (QED) is 0.861. The Hall–Kier alpha value is -1.29. The van der Waals surface area contributed by atoms with Crippen LogP contribution in [-0.4, -0.2) is 18.5 Å². The number of hydrogen-bond donors (Lipinski definition) is 2. The predicted octanol–water partition coefficient (Wildman–Crippen LogP) is 2.22. The third-order valence-electron chi connectivity index (χ3n) is 3.52. The second kappa shape index (κ2) is 5.57. The summed E-state index contributed by atoms with van der Waals surface area (Å²) in [5.41, 5.74) is 1.07. The summed E-state index contributed by atoms with van der Waals surface area (Å²) in [6.07, 6.45) is 2.85. The molecule has 18 heavy (non-hydrogen) atoms. The molecule has 2 rings (SSSR count). The van der Waals surface area contributed by atoms with E-state index in [1.807, 2.05) is 26.8 Å². The topological polar surface area (TPSA) is 54.3 Å². The monoisotopic (exact) mass is 250 g/mol. The lowest BCUT2D eigenvalue weighted by Crippen LogP contribution is -2.33.